The molecular formula is C15H33NO4S. The fraction of sp³-hybridized carbons (Fsp3) is 1.00. The Hall–Kier alpha value is 0.150. The van der Waals surface area contributed by atoms with E-state index in [1.807, 2.05) is 11.8 Å². The van der Waals surface area contributed by atoms with Crippen molar-refractivity contribution in [3.8, 4) is 0 Å². The van der Waals surface area contributed by atoms with Gasteiger partial charge in [-0.3, -0.25) is 0 Å². The highest BCUT2D eigenvalue weighted by molar-refractivity contribution is 7.99. The Morgan fingerprint density at radius 2 is 1.48 bits per heavy atom. The summed E-state index contributed by atoms with van der Waals surface area (Å²) < 4.78 is 16.2. The normalized spacial score (nSPS) is 11.1. The molecule has 5 nitrogen and oxygen atoms in total. The molecule has 2 N–H and O–H groups in total. The Kier molecular flexibility index (Phi) is 20.3. The highest BCUT2D eigenvalue weighted by Crippen LogP contribution is 1.99. The first-order valence-corrected chi connectivity index (χ1v) is 9.19. The van der Waals surface area contributed by atoms with Crippen molar-refractivity contribution in [2.45, 2.75) is 26.2 Å². The summed E-state index contributed by atoms with van der Waals surface area (Å²) in [4.78, 5) is 0. The SMILES string of the molecule is CCCCOCCOCCOCCNCCSCCCO. The van der Waals surface area contributed by atoms with Crippen LogP contribution in [0, 0.1) is 0 Å². The molecule has 0 atom stereocenters. The molecule has 0 aromatic heterocycles. The van der Waals surface area contributed by atoms with E-state index in [2.05, 4.69) is 12.2 Å². The zero-order chi connectivity index (χ0) is 15.4. The molecular weight excluding hydrogens is 290 g/mol. The predicted octanol–water partition coefficient (Wildman–Crippen LogP) is 1.54. The van der Waals surface area contributed by atoms with E-state index in [0.717, 1.165) is 50.7 Å². The van der Waals surface area contributed by atoms with Gasteiger partial charge in [-0.25, -0.2) is 0 Å². The molecule has 0 aromatic rings. The first-order chi connectivity index (χ1) is 10.4. The smallest absolute Gasteiger partial charge is 0.0701 e. The highest BCUT2D eigenvalue weighted by Gasteiger charge is 1.93. The van der Waals surface area contributed by atoms with E-state index >= 15 is 0 Å². The Morgan fingerprint density at radius 3 is 2.14 bits per heavy atom. The summed E-state index contributed by atoms with van der Waals surface area (Å²) in [7, 11) is 0. The summed E-state index contributed by atoms with van der Waals surface area (Å²) in [5.74, 6) is 2.12. The average Bonchev–Trinajstić information content (AvgIpc) is 2.50. The van der Waals surface area contributed by atoms with Crippen molar-refractivity contribution in [1.29, 1.82) is 0 Å². The third-order valence-corrected chi connectivity index (χ3v) is 3.75. The number of nitrogens with one attached hydrogen (secondary N) is 1. The Labute approximate surface area is 134 Å². The molecule has 0 bridgehead atoms. The van der Waals surface area contributed by atoms with Crippen LogP contribution in [0.2, 0.25) is 0 Å². The summed E-state index contributed by atoms with van der Waals surface area (Å²) in [5.41, 5.74) is 0. The second-order valence-corrected chi connectivity index (χ2v) is 5.85. The van der Waals surface area contributed by atoms with Crippen molar-refractivity contribution in [1.82, 2.24) is 5.32 Å². The number of aliphatic hydroxyl groups excluding tert-OH is 1. The summed E-state index contributed by atoms with van der Waals surface area (Å²) >= 11 is 1.87. The number of thioether (sulfide) groups is 1. The molecule has 0 heterocycles. The quantitative estimate of drug-likeness (QED) is 0.373. The second kappa shape index (κ2) is 20.1. The maximum absolute atomic E-state index is 8.63. The summed E-state index contributed by atoms with van der Waals surface area (Å²) in [5, 5.41) is 12.0. The molecule has 6 heteroatoms. The van der Waals surface area contributed by atoms with E-state index in [1.54, 1.807) is 0 Å². The van der Waals surface area contributed by atoms with Crippen molar-refractivity contribution >= 4 is 11.8 Å². The molecule has 0 saturated carbocycles. The maximum Gasteiger partial charge on any atom is 0.0701 e. The second-order valence-electron chi connectivity index (χ2n) is 4.63. The molecule has 128 valence electrons. The third kappa shape index (κ3) is 20.1. The van der Waals surface area contributed by atoms with Gasteiger partial charge in [-0.15, -0.1) is 0 Å². The Morgan fingerprint density at radius 1 is 0.810 bits per heavy atom. The van der Waals surface area contributed by atoms with Gasteiger partial charge in [0.05, 0.1) is 33.0 Å². The van der Waals surface area contributed by atoms with E-state index < -0.39 is 0 Å². The lowest BCUT2D eigenvalue weighted by Gasteiger charge is -2.07. The van der Waals surface area contributed by atoms with Crippen LogP contribution >= 0.6 is 11.8 Å². The van der Waals surface area contributed by atoms with Crippen molar-refractivity contribution in [2.75, 3.05) is 70.8 Å². The van der Waals surface area contributed by atoms with Crippen LogP contribution in [0.15, 0.2) is 0 Å². The molecule has 0 aliphatic heterocycles. The predicted molar refractivity (Wildman–Crippen MR) is 89.3 cm³/mol. The fourth-order valence-corrected chi connectivity index (χ4v) is 2.30. The third-order valence-electron chi connectivity index (χ3n) is 2.68. The lowest BCUT2D eigenvalue weighted by atomic mass is 10.4. The van der Waals surface area contributed by atoms with Gasteiger partial charge in [-0.05, 0) is 18.6 Å². The van der Waals surface area contributed by atoms with Crippen molar-refractivity contribution in [3.63, 3.8) is 0 Å². The zero-order valence-corrected chi connectivity index (χ0v) is 14.3. The van der Waals surface area contributed by atoms with Crippen LogP contribution < -0.4 is 5.32 Å². The minimum atomic E-state index is 0.293. The molecule has 0 saturated heterocycles. The van der Waals surface area contributed by atoms with Gasteiger partial charge in [0.2, 0.25) is 0 Å². The van der Waals surface area contributed by atoms with Gasteiger partial charge < -0.3 is 24.6 Å². The van der Waals surface area contributed by atoms with Crippen LogP contribution in [0.4, 0.5) is 0 Å². The zero-order valence-electron chi connectivity index (χ0n) is 13.5. The van der Waals surface area contributed by atoms with E-state index in [4.69, 9.17) is 19.3 Å². The number of aliphatic hydroxyl groups is 1. The highest BCUT2D eigenvalue weighted by atomic mass is 32.2. The van der Waals surface area contributed by atoms with Gasteiger partial charge in [0.25, 0.3) is 0 Å². The molecule has 0 rings (SSSR count). The van der Waals surface area contributed by atoms with Crippen molar-refractivity contribution < 1.29 is 19.3 Å². The molecule has 0 aliphatic rings. The Balaban J connectivity index is 2.90. The minimum absolute atomic E-state index is 0.293. The molecule has 0 amide bonds. The topological polar surface area (TPSA) is 60.0 Å². The number of rotatable bonds is 18. The van der Waals surface area contributed by atoms with Gasteiger partial charge in [-0.1, -0.05) is 13.3 Å². The number of ether oxygens (including phenoxy) is 3. The van der Waals surface area contributed by atoms with E-state index in [-0.39, 0.29) is 0 Å². The lowest BCUT2D eigenvalue weighted by molar-refractivity contribution is 0.0147. The van der Waals surface area contributed by atoms with Crippen molar-refractivity contribution in [2.24, 2.45) is 0 Å². The molecule has 21 heavy (non-hydrogen) atoms. The standard InChI is InChI=1S/C15H33NO4S/c1-2-3-8-18-10-12-20-13-11-19-9-5-16-6-15-21-14-4-7-17/h16-17H,2-15H2,1H3. The molecule has 0 unspecified atom stereocenters. The van der Waals surface area contributed by atoms with Gasteiger partial charge in [-0.2, -0.15) is 11.8 Å². The first-order valence-electron chi connectivity index (χ1n) is 8.04. The minimum Gasteiger partial charge on any atom is -0.396 e. The summed E-state index contributed by atoms with van der Waals surface area (Å²) in [6.07, 6.45) is 3.18. The van der Waals surface area contributed by atoms with Gasteiger partial charge in [0.1, 0.15) is 0 Å². The largest absolute Gasteiger partial charge is 0.396 e. The lowest BCUT2D eigenvalue weighted by Crippen LogP contribution is -2.23. The molecule has 0 fully saturated rings. The average molecular weight is 323 g/mol. The van der Waals surface area contributed by atoms with Gasteiger partial charge in [0, 0.05) is 32.1 Å². The molecule has 0 aromatic carbocycles. The van der Waals surface area contributed by atoms with Crippen LogP contribution in [-0.2, 0) is 14.2 Å². The molecule has 0 spiro atoms. The van der Waals surface area contributed by atoms with Crippen molar-refractivity contribution in [3.05, 3.63) is 0 Å². The Bertz CT molecular complexity index is 169. The van der Waals surface area contributed by atoms with E-state index in [0.29, 0.717) is 33.0 Å². The van der Waals surface area contributed by atoms with E-state index in [1.165, 1.54) is 6.42 Å². The van der Waals surface area contributed by atoms with Crippen LogP contribution in [0.5, 0.6) is 0 Å². The number of unbranched alkanes of at least 4 members (excludes halogenated alkanes) is 1. The van der Waals surface area contributed by atoms with Crippen LogP contribution in [0.1, 0.15) is 26.2 Å². The van der Waals surface area contributed by atoms with Gasteiger partial charge >= 0.3 is 0 Å². The number of hydrogen-bond donors (Lipinski definition) is 2. The van der Waals surface area contributed by atoms with Crippen LogP contribution in [-0.4, -0.2) is 75.9 Å². The molecule has 0 aliphatic carbocycles. The van der Waals surface area contributed by atoms with Crippen LogP contribution in [0.3, 0.4) is 0 Å². The molecule has 0 radical (unpaired) electrons. The monoisotopic (exact) mass is 323 g/mol. The van der Waals surface area contributed by atoms with E-state index in [9.17, 15) is 0 Å². The summed E-state index contributed by atoms with van der Waals surface area (Å²) in [6.45, 7) is 8.47. The number of hydrogen-bond acceptors (Lipinski definition) is 6. The van der Waals surface area contributed by atoms with Gasteiger partial charge in [0.15, 0.2) is 0 Å². The summed E-state index contributed by atoms with van der Waals surface area (Å²) in [6, 6.07) is 0. The van der Waals surface area contributed by atoms with Crippen LogP contribution in [0.25, 0.3) is 0 Å². The fourth-order valence-electron chi connectivity index (χ4n) is 1.47. The maximum atomic E-state index is 8.63. The first kappa shape index (κ1) is 21.1.